The van der Waals surface area contributed by atoms with Gasteiger partial charge in [-0.25, -0.2) is 23.2 Å². The molecule has 0 fully saturated rings. The number of sulfonamides is 1. The summed E-state index contributed by atoms with van der Waals surface area (Å²) in [7, 11) is -4.94. The van der Waals surface area contributed by atoms with E-state index >= 15 is 0 Å². The zero-order chi connectivity index (χ0) is 27.0. The number of primary sulfonamides is 1. The maximum atomic E-state index is 13.7. The third-order valence-electron chi connectivity index (χ3n) is 6.02. The van der Waals surface area contributed by atoms with Crippen molar-refractivity contribution in [2.24, 2.45) is 5.14 Å². The second kappa shape index (κ2) is 9.67. The van der Waals surface area contributed by atoms with E-state index in [1.165, 1.54) is 32.4 Å². The second-order valence-electron chi connectivity index (χ2n) is 8.99. The van der Waals surface area contributed by atoms with Crippen LogP contribution in [0.2, 0.25) is 0 Å². The van der Waals surface area contributed by atoms with Crippen molar-refractivity contribution in [3.8, 4) is 34.2 Å². The Hall–Kier alpha value is -3.64. The maximum absolute atomic E-state index is 13.7. The lowest BCUT2D eigenvalue weighted by atomic mass is 9.80. The van der Waals surface area contributed by atoms with Crippen LogP contribution in [0.25, 0.3) is 22.6 Å². The van der Waals surface area contributed by atoms with Crippen LogP contribution < -0.4 is 9.88 Å². The second-order valence-corrected chi connectivity index (χ2v) is 10.6. The molecule has 0 aliphatic heterocycles. The normalized spacial score (nSPS) is 13.5. The van der Waals surface area contributed by atoms with Gasteiger partial charge >= 0.3 is 6.18 Å². The lowest BCUT2D eigenvalue weighted by Gasteiger charge is -2.34. The third-order valence-corrected chi connectivity index (χ3v) is 7.53. The van der Waals surface area contributed by atoms with Gasteiger partial charge in [-0.2, -0.15) is 18.3 Å². The molecule has 0 saturated heterocycles. The lowest BCUT2D eigenvalue weighted by Crippen LogP contribution is -2.52. The first-order chi connectivity index (χ1) is 17.3. The van der Waals surface area contributed by atoms with E-state index in [0.29, 0.717) is 35.2 Å². The molecule has 8 nitrogen and oxygen atoms in total. The van der Waals surface area contributed by atoms with Gasteiger partial charge in [0, 0.05) is 29.2 Å². The van der Waals surface area contributed by atoms with Crippen molar-refractivity contribution in [2.45, 2.75) is 44.2 Å². The minimum Gasteiger partial charge on any atom is -0.444 e. The molecule has 12 heteroatoms. The molecule has 0 amide bonds. The Kier molecular flexibility index (Phi) is 6.91. The van der Waals surface area contributed by atoms with E-state index in [0.717, 1.165) is 5.56 Å². The Labute approximate surface area is 211 Å². The summed E-state index contributed by atoms with van der Waals surface area (Å²) >= 11 is 0. The van der Waals surface area contributed by atoms with Crippen LogP contribution in [-0.2, 0) is 22.0 Å². The number of aryl methyl sites for hydroxylation is 1. The van der Waals surface area contributed by atoms with Crippen molar-refractivity contribution in [3.63, 3.8) is 0 Å². The summed E-state index contributed by atoms with van der Waals surface area (Å²) in [5.41, 5.74) is 0.0637. The van der Waals surface area contributed by atoms with Crippen molar-refractivity contribution < 1.29 is 30.7 Å². The smallest absolute Gasteiger partial charge is 0.407 e. The number of ether oxygens (including phenoxy) is 1. The Balaban J connectivity index is 1.65. The molecular weight excluding hydrogens is 509 g/mol. The number of aromatic nitrogens is 3. The highest BCUT2D eigenvalue weighted by Crippen LogP contribution is 2.41. The average molecular weight is 535 g/mol. The average Bonchev–Trinajstić information content (AvgIpc) is 3.48. The Morgan fingerprint density at radius 3 is 2.35 bits per heavy atom. The minimum atomic E-state index is -5.05. The topological polar surface area (TPSA) is 113 Å². The molecule has 37 heavy (non-hydrogen) atoms. The number of hydrogen-bond acceptors (Lipinski definition) is 6. The maximum Gasteiger partial charge on any atom is 0.407 e. The fourth-order valence-corrected chi connectivity index (χ4v) is 5.58. The van der Waals surface area contributed by atoms with Gasteiger partial charge in [0.25, 0.3) is 0 Å². The van der Waals surface area contributed by atoms with Crippen molar-refractivity contribution in [1.82, 2.24) is 14.8 Å². The molecule has 4 aromatic rings. The fraction of sp³-hybridized carbons (Fsp3) is 0.280. The molecule has 2 heterocycles. The lowest BCUT2D eigenvalue weighted by molar-refractivity contribution is -0.141. The van der Waals surface area contributed by atoms with Crippen molar-refractivity contribution in [3.05, 3.63) is 72.8 Å². The molecule has 196 valence electrons. The first-order valence-corrected chi connectivity index (χ1v) is 12.9. The summed E-state index contributed by atoms with van der Waals surface area (Å²) in [5.74, 6) is 1.58. The first-order valence-electron chi connectivity index (χ1n) is 11.2. The van der Waals surface area contributed by atoms with Gasteiger partial charge in [0.15, 0.2) is 17.4 Å². The molecule has 0 spiro atoms. The van der Waals surface area contributed by atoms with Crippen LogP contribution in [0.1, 0.15) is 26.3 Å². The predicted molar refractivity (Wildman–Crippen MR) is 131 cm³/mol. The molecule has 1 atom stereocenters. The number of benzene rings is 2. The predicted octanol–water partition coefficient (Wildman–Crippen LogP) is 5.51. The van der Waals surface area contributed by atoms with Crippen LogP contribution in [0.3, 0.4) is 0 Å². The molecular formula is C25H25F3N4O4S. The van der Waals surface area contributed by atoms with Gasteiger partial charge in [0.2, 0.25) is 15.9 Å². The molecule has 0 saturated carbocycles. The standard InChI is InChI=1S/C25H25F3N4O4S/c1-4-32-22(36-19-10-8-16(9-11-19)21-14-30-15-35-21)13-20(31-32)17-6-5-7-18(12-17)24(2,3)23(25(26,27)28)37(29,33)34/h5-15,23H,4H2,1-3H3,(H2,29,33,34). The highest BCUT2D eigenvalue weighted by atomic mass is 32.2. The van der Waals surface area contributed by atoms with Gasteiger partial charge in [-0.05, 0) is 42.8 Å². The van der Waals surface area contributed by atoms with Crippen LogP contribution in [0, 0.1) is 0 Å². The highest BCUT2D eigenvalue weighted by Gasteiger charge is 2.56. The quantitative estimate of drug-likeness (QED) is 0.319. The number of oxazole rings is 1. The minimum absolute atomic E-state index is 0.151. The molecule has 0 radical (unpaired) electrons. The summed E-state index contributed by atoms with van der Waals surface area (Å²) in [6.45, 7) is 4.75. The number of nitrogens with zero attached hydrogens (tertiary/aromatic N) is 3. The van der Waals surface area contributed by atoms with Gasteiger partial charge < -0.3 is 9.15 Å². The van der Waals surface area contributed by atoms with E-state index in [4.69, 9.17) is 14.3 Å². The summed E-state index contributed by atoms with van der Waals surface area (Å²) < 4.78 is 77.9. The van der Waals surface area contributed by atoms with Crippen molar-refractivity contribution >= 4 is 10.0 Å². The summed E-state index contributed by atoms with van der Waals surface area (Å²) in [4.78, 5) is 3.90. The third kappa shape index (κ3) is 5.54. The fourth-order valence-electron chi connectivity index (χ4n) is 4.25. The summed E-state index contributed by atoms with van der Waals surface area (Å²) in [5, 5.41) is 6.74. The Morgan fingerprint density at radius 1 is 1.08 bits per heavy atom. The number of rotatable bonds is 8. The number of nitrogens with two attached hydrogens (primary N) is 1. The Morgan fingerprint density at radius 2 is 1.78 bits per heavy atom. The molecule has 2 N–H and O–H groups in total. The van der Waals surface area contributed by atoms with Gasteiger partial charge in [0.05, 0.1) is 11.9 Å². The first kappa shape index (κ1) is 26.4. The monoisotopic (exact) mass is 534 g/mol. The molecule has 2 aromatic carbocycles. The number of alkyl halides is 3. The van der Waals surface area contributed by atoms with Crippen LogP contribution in [0.15, 0.2) is 71.6 Å². The number of hydrogen-bond donors (Lipinski definition) is 1. The van der Waals surface area contributed by atoms with Crippen LogP contribution >= 0.6 is 0 Å². The van der Waals surface area contributed by atoms with Crippen molar-refractivity contribution in [1.29, 1.82) is 0 Å². The largest absolute Gasteiger partial charge is 0.444 e. The van der Waals surface area contributed by atoms with E-state index in [2.05, 4.69) is 10.1 Å². The molecule has 0 aliphatic rings. The van der Waals surface area contributed by atoms with E-state index in [1.807, 2.05) is 19.1 Å². The van der Waals surface area contributed by atoms with Gasteiger partial charge in [0.1, 0.15) is 5.75 Å². The SMILES string of the molecule is CCn1nc(-c2cccc(C(C)(C)C(C(F)(F)F)S(N)(=O)=O)c2)cc1Oc1ccc(-c2cnco2)cc1. The molecule has 1 unspecified atom stereocenters. The Bertz CT molecular complexity index is 1480. The van der Waals surface area contributed by atoms with Gasteiger partial charge in [-0.1, -0.05) is 32.0 Å². The van der Waals surface area contributed by atoms with Gasteiger partial charge in [-0.15, -0.1) is 0 Å². The summed E-state index contributed by atoms with van der Waals surface area (Å²) in [6, 6.07) is 15.0. The molecule has 0 bridgehead atoms. The molecule has 0 aliphatic carbocycles. The van der Waals surface area contributed by atoms with E-state index in [-0.39, 0.29) is 5.56 Å². The zero-order valence-corrected chi connectivity index (χ0v) is 21.0. The van der Waals surface area contributed by atoms with Gasteiger partial charge in [-0.3, -0.25) is 0 Å². The van der Waals surface area contributed by atoms with E-state index in [9.17, 15) is 21.6 Å². The van der Waals surface area contributed by atoms with Crippen molar-refractivity contribution in [2.75, 3.05) is 0 Å². The zero-order valence-electron chi connectivity index (χ0n) is 20.2. The highest BCUT2D eigenvalue weighted by molar-refractivity contribution is 7.89. The molecule has 4 rings (SSSR count). The number of halogens is 3. The molecule has 2 aromatic heterocycles. The van der Waals surface area contributed by atoms with E-state index in [1.54, 1.807) is 41.2 Å². The van der Waals surface area contributed by atoms with Crippen LogP contribution in [0.5, 0.6) is 11.6 Å². The van der Waals surface area contributed by atoms with Crippen LogP contribution in [-0.4, -0.2) is 34.6 Å². The van der Waals surface area contributed by atoms with Crippen LogP contribution in [0.4, 0.5) is 13.2 Å². The van der Waals surface area contributed by atoms with E-state index < -0.39 is 26.9 Å². The summed E-state index contributed by atoms with van der Waals surface area (Å²) in [6.07, 6.45) is -2.11.